The first kappa shape index (κ1) is 18.9. The monoisotopic (exact) mass is 376 g/mol. The van der Waals surface area contributed by atoms with E-state index >= 15 is 0 Å². The molecule has 1 heterocycles. The fraction of sp³-hybridized carbons (Fsp3) is 0.350. The minimum atomic E-state index is -0.679. The van der Waals surface area contributed by atoms with Crippen LogP contribution in [-0.4, -0.2) is 16.3 Å². The van der Waals surface area contributed by atoms with Crippen molar-refractivity contribution in [3.05, 3.63) is 70.8 Å². The Hall–Kier alpha value is -1.92. The summed E-state index contributed by atoms with van der Waals surface area (Å²) in [5, 5.41) is 0.314. The lowest BCUT2D eigenvalue weighted by molar-refractivity contribution is -0.117. The number of halogens is 2. The van der Waals surface area contributed by atoms with Crippen molar-refractivity contribution in [3.8, 4) is 0 Å². The van der Waals surface area contributed by atoms with E-state index in [2.05, 4.69) is 23.4 Å². The van der Waals surface area contributed by atoms with Crippen LogP contribution in [0.1, 0.15) is 41.7 Å². The number of primary amides is 1. The van der Waals surface area contributed by atoms with E-state index in [0.29, 0.717) is 17.4 Å². The summed E-state index contributed by atoms with van der Waals surface area (Å²) in [5.74, 6) is -1.77. The van der Waals surface area contributed by atoms with Gasteiger partial charge in [0.1, 0.15) is 11.6 Å². The van der Waals surface area contributed by atoms with Gasteiger partial charge in [-0.3, -0.25) is 4.79 Å². The highest BCUT2D eigenvalue weighted by Crippen LogP contribution is 2.43. The molecule has 0 radical (unpaired) electrons. The zero-order valence-electron chi connectivity index (χ0n) is 14.6. The Labute approximate surface area is 156 Å². The van der Waals surface area contributed by atoms with Crippen molar-refractivity contribution in [3.63, 3.8) is 0 Å². The van der Waals surface area contributed by atoms with Crippen LogP contribution in [0.3, 0.4) is 0 Å². The summed E-state index contributed by atoms with van der Waals surface area (Å²) in [5.41, 5.74) is 6.62. The molecule has 0 aromatic heterocycles. The molecule has 1 fully saturated rings. The molecule has 6 heteroatoms. The summed E-state index contributed by atoms with van der Waals surface area (Å²) in [6.07, 6.45) is 1.76. The third-order valence-corrected chi connectivity index (χ3v) is 6.20. The predicted molar refractivity (Wildman–Crippen MR) is 100 cm³/mol. The first-order valence-corrected chi connectivity index (χ1v) is 9.51. The van der Waals surface area contributed by atoms with Crippen LogP contribution in [0.4, 0.5) is 8.78 Å². The van der Waals surface area contributed by atoms with Gasteiger partial charge in [-0.15, -0.1) is 0 Å². The van der Waals surface area contributed by atoms with E-state index in [0.717, 1.165) is 18.9 Å². The fourth-order valence-corrected chi connectivity index (χ4v) is 4.56. The van der Waals surface area contributed by atoms with Crippen LogP contribution in [0.2, 0.25) is 0 Å². The Morgan fingerprint density at radius 1 is 1.15 bits per heavy atom. The maximum atomic E-state index is 14.4. The maximum absolute atomic E-state index is 14.4. The van der Waals surface area contributed by atoms with Crippen LogP contribution >= 0.6 is 11.9 Å². The number of carbonyl (C=O) groups is 1. The molecule has 0 spiro atoms. The van der Waals surface area contributed by atoms with Crippen molar-refractivity contribution < 1.29 is 13.6 Å². The minimum absolute atomic E-state index is 0.000239. The van der Waals surface area contributed by atoms with Crippen molar-refractivity contribution in [2.24, 2.45) is 5.73 Å². The lowest BCUT2D eigenvalue weighted by atomic mass is 10.0. The summed E-state index contributed by atoms with van der Waals surface area (Å²) >= 11 is 1.69. The number of carbonyl (C=O) groups excluding carboxylic acids is 1. The van der Waals surface area contributed by atoms with Crippen molar-refractivity contribution in [1.82, 2.24) is 4.31 Å². The quantitative estimate of drug-likeness (QED) is 0.789. The SMILES string of the molecule is C[C@H]1CC[C@H](c2ccccc2)SN1Cc1cc(F)c(CC(N)=O)cc1F. The van der Waals surface area contributed by atoms with Crippen molar-refractivity contribution >= 4 is 17.9 Å². The van der Waals surface area contributed by atoms with E-state index < -0.39 is 17.5 Å². The molecule has 138 valence electrons. The van der Waals surface area contributed by atoms with Gasteiger partial charge >= 0.3 is 0 Å². The van der Waals surface area contributed by atoms with Gasteiger partial charge in [-0.25, -0.2) is 13.1 Å². The Bertz CT molecular complexity index is 785. The van der Waals surface area contributed by atoms with Crippen LogP contribution in [0.5, 0.6) is 0 Å². The topological polar surface area (TPSA) is 46.3 Å². The van der Waals surface area contributed by atoms with E-state index in [4.69, 9.17) is 5.73 Å². The largest absolute Gasteiger partial charge is 0.369 e. The van der Waals surface area contributed by atoms with Gasteiger partial charge in [0.25, 0.3) is 0 Å². The lowest BCUT2D eigenvalue weighted by Gasteiger charge is -2.37. The van der Waals surface area contributed by atoms with Crippen LogP contribution in [0.15, 0.2) is 42.5 Å². The third kappa shape index (κ3) is 4.43. The van der Waals surface area contributed by atoms with E-state index in [1.54, 1.807) is 11.9 Å². The molecule has 0 aliphatic carbocycles. The standard InChI is InChI=1S/C20H22F2N2OS/c1-13-7-8-19(14-5-3-2-4-6-14)26-24(13)12-16-10-17(21)15(9-18(16)22)11-20(23)25/h2-6,9-10,13,19H,7-8,11-12H2,1H3,(H2,23,25)/t13-,19+/m0/s1. The first-order valence-electron chi connectivity index (χ1n) is 8.67. The molecular formula is C20H22F2N2OS. The van der Waals surface area contributed by atoms with E-state index in [1.807, 2.05) is 18.2 Å². The fourth-order valence-electron chi connectivity index (χ4n) is 3.19. The second kappa shape index (κ2) is 8.18. The van der Waals surface area contributed by atoms with E-state index in [1.165, 1.54) is 11.6 Å². The molecule has 0 bridgehead atoms. The molecule has 3 nitrogen and oxygen atoms in total. The molecule has 3 rings (SSSR count). The zero-order valence-corrected chi connectivity index (χ0v) is 15.4. The van der Waals surface area contributed by atoms with Gasteiger partial charge in [0.15, 0.2) is 0 Å². The highest BCUT2D eigenvalue weighted by atomic mass is 32.2. The summed E-state index contributed by atoms with van der Waals surface area (Å²) in [6.45, 7) is 2.42. The summed E-state index contributed by atoms with van der Waals surface area (Å²) in [6, 6.07) is 12.8. The summed E-state index contributed by atoms with van der Waals surface area (Å²) in [4.78, 5) is 11.0. The Kier molecular flexibility index (Phi) is 5.94. The molecule has 2 aromatic carbocycles. The highest BCUT2D eigenvalue weighted by molar-refractivity contribution is 7.97. The molecule has 2 N–H and O–H groups in total. The van der Waals surface area contributed by atoms with Crippen molar-refractivity contribution in [1.29, 1.82) is 0 Å². The van der Waals surface area contributed by atoms with Crippen molar-refractivity contribution in [2.75, 3.05) is 0 Å². The number of nitrogens with zero attached hydrogens (tertiary/aromatic N) is 1. The Morgan fingerprint density at radius 3 is 2.50 bits per heavy atom. The molecule has 0 unspecified atom stereocenters. The lowest BCUT2D eigenvalue weighted by Crippen LogP contribution is -2.32. The maximum Gasteiger partial charge on any atom is 0.221 e. The number of rotatable bonds is 5. The van der Waals surface area contributed by atoms with E-state index in [9.17, 15) is 13.6 Å². The first-order chi connectivity index (χ1) is 12.4. The van der Waals surface area contributed by atoms with Crippen LogP contribution in [0, 0.1) is 11.6 Å². The number of nitrogens with two attached hydrogens (primary N) is 1. The second-order valence-corrected chi connectivity index (χ2v) is 7.93. The number of hydrogen-bond acceptors (Lipinski definition) is 3. The highest BCUT2D eigenvalue weighted by Gasteiger charge is 2.28. The second-order valence-electron chi connectivity index (χ2n) is 6.68. The molecule has 2 atom stereocenters. The molecule has 0 saturated carbocycles. The van der Waals surface area contributed by atoms with Gasteiger partial charge in [-0.05, 0) is 37.5 Å². The molecule has 26 heavy (non-hydrogen) atoms. The van der Waals surface area contributed by atoms with Crippen molar-refractivity contribution in [2.45, 2.75) is 44.0 Å². The van der Waals surface area contributed by atoms with Gasteiger partial charge in [0.05, 0.1) is 6.42 Å². The molecule has 2 aromatic rings. The Morgan fingerprint density at radius 2 is 1.81 bits per heavy atom. The van der Waals surface area contributed by atoms with Crippen LogP contribution in [-0.2, 0) is 17.8 Å². The number of benzene rings is 2. The van der Waals surface area contributed by atoms with Crippen LogP contribution in [0.25, 0.3) is 0 Å². The molecular weight excluding hydrogens is 354 g/mol. The predicted octanol–water partition coefficient (Wildman–Crippen LogP) is 4.37. The zero-order chi connectivity index (χ0) is 18.7. The van der Waals surface area contributed by atoms with Crippen LogP contribution < -0.4 is 5.73 Å². The van der Waals surface area contributed by atoms with Gasteiger partial charge in [-0.1, -0.05) is 42.3 Å². The number of amides is 1. The summed E-state index contributed by atoms with van der Waals surface area (Å²) in [7, 11) is 0. The average molecular weight is 376 g/mol. The Balaban J connectivity index is 1.76. The summed E-state index contributed by atoms with van der Waals surface area (Å²) < 4.78 is 30.7. The minimum Gasteiger partial charge on any atom is -0.369 e. The molecule has 1 amide bonds. The molecule has 1 aliphatic rings. The van der Waals surface area contributed by atoms with Gasteiger partial charge in [-0.2, -0.15) is 0 Å². The van der Waals surface area contributed by atoms with Gasteiger partial charge < -0.3 is 5.73 Å². The normalized spacial score (nSPS) is 20.9. The molecule has 1 saturated heterocycles. The smallest absolute Gasteiger partial charge is 0.221 e. The van der Waals surface area contributed by atoms with Gasteiger partial charge in [0, 0.05) is 29.0 Å². The third-order valence-electron chi connectivity index (χ3n) is 4.68. The van der Waals surface area contributed by atoms with E-state index in [-0.39, 0.29) is 18.0 Å². The molecule has 1 aliphatic heterocycles. The van der Waals surface area contributed by atoms with Gasteiger partial charge in [0.2, 0.25) is 5.91 Å². The average Bonchev–Trinajstić information content (AvgIpc) is 2.61. The number of hydrogen-bond donors (Lipinski definition) is 1.